The van der Waals surface area contributed by atoms with Crippen LogP contribution < -0.4 is 0 Å². The maximum absolute atomic E-state index is 11.9. The molecular formula is C12H13ClN2O2. The van der Waals surface area contributed by atoms with Crippen molar-refractivity contribution >= 4 is 28.6 Å². The van der Waals surface area contributed by atoms with Gasteiger partial charge in [-0.2, -0.15) is 0 Å². The van der Waals surface area contributed by atoms with Crippen LogP contribution in [0.2, 0.25) is 5.15 Å². The molecule has 0 saturated carbocycles. The summed E-state index contributed by atoms with van der Waals surface area (Å²) in [6.07, 6.45) is 2.78. The molecule has 2 aromatic heterocycles. The van der Waals surface area contributed by atoms with Gasteiger partial charge in [0.25, 0.3) is 0 Å². The van der Waals surface area contributed by atoms with Gasteiger partial charge in [0.05, 0.1) is 5.52 Å². The second-order valence-electron chi connectivity index (χ2n) is 4.71. The number of hydrogen-bond donors (Lipinski definition) is 0. The summed E-state index contributed by atoms with van der Waals surface area (Å²) in [5.41, 5.74) is 0.0333. The van der Waals surface area contributed by atoms with Gasteiger partial charge >= 0.3 is 6.09 Å². The Morgan fingerprint density at radius 1 is 1.41 bits per heavy atom. The highest BCUT2D eigenvalue weighted by atomic mass is 35.5. The molecule has 0 saturated heterocycles. The van der Waals surface area contributed by atoms with E-state index in [0.717, 1.165) is 5.39 Å². The third kappa shape index (κ3) is 2.42. The Hall–Kier alpha value is -1.55. The van der Waals surface area contributed by atoms with Crippen molar-refractivity contribution in [2.24, 2.45) is 0 Å². The molecule has 0 amide bonds. The monoisotopic (exact) mass is 252 g/mol. The van der Waals surface area contributed by atoms with Crippen LogP contribution in [0.3, 0.4) is 0 Å². The van der Waals surface area contributed by atoms with Gasteiger partial charge in [-0.15, -0.1) is 0 Å². The van der Waals surface area contributed by atoms with E-state index in [1.165, 1.54) is 4.57 Å². The minimum atomic E-state index is -0.539. The third-order valence-corrected chi connectivity index (χ3v) is 2.42. The van der Waals surface area contributed by atoms with E-state index in [0.29, 0.717) is 10.7 Å². The zero-order valence-corrected chi connectivity index (χ0v) is 10.7. The van der Waals surface area contributed by atoms with Gasteiger partial charge in [0.2, 0.25) is 0 Å². The summed E-state index contributed by atoms with van der Waals surface area (Å²) in [6.45, 7) is 5.45. The van der Waals surface area contributed by atoms with E-state index >= 15 is 0 Å². The average Bonchev–Trinajstić information content (AvgIpc) is 2.60. The normalized spacial score (nSPS) is 11.8. The molecule has 0 N–H and O–H groups in total. The van der Waals surface area contributed by atoms with Crippen LogP contribution >= 0.6 is 11.6 Å². The Kier molecular flexibility index (Phi) is 2.83. The van der Waals surface area contributed by atoms with Gasteiger partial charge in [0.15, 0.2) is 5.15 Å². The Labute approximate surface area is 104 Å². The smallest absolute Gasteiger partial charge is 0.419 e. The summed E-state index contributed by atoms with van der Waals surface area (Å²) in [4.78, 5) is 15.9. The lowest BCUT2D eigenvalue weighted by Gasteiger charge is -2.19. The number of aromatic nitrogens is 2. The van der Waals surface area contributed by atoms with E-state index in [-0.39, 0.29) is 0 Å². The SMILES string of the molecule is CC(C)(C)OC(=O)n1ccc2ccnc(Cl)c21. The van der Waals surface area contributed by atoms with Gasteiger partial charge in [-0.3, -0.25) is 0 Å². The fraction of sp³-hybridized carbons (Fsp3) is 0.333. The lowest BCUT2D eigenvalue weighted by Crippen LogP contribution is -2.26. The van der Waals surface area contributed by atoms with Gasteiger partial charge in [-0.25, -0.2) is 14.3 Å². The number of carbonyl (C=O) groups excluding carboxylic acids is 1. The van der Waals surface area contributed by atoms with Gasteiger partial charge in [0, 0.05) is 17.8 Å². The summed E-state index contributed by atoms with van der Waals surface area (Å²) in [5.74, 6) is 0. The molecule has 0 aliphatic carbocycles. The van der Waals surface area contributed by atoms with E-state index in [4.69, 9.17) is 16.3 Å². The van der Waals surface area contributed by atoms with Gasteiger partial charge in [-0.1, -0.05) is 11.6 Å². The van der Waals surface area contributed by atoms with Gasteiger partial charge < -0.3 is 4.74 Å². The molecule has 0 aromatic carbocycles. The molecule has 0 aliphatic heterocycles. The number of hydrogen-bond acceptors (Lipinski definition) is 3. The summed E-state index contributed by atoms with van der Waals surface area (Å²) in [5, 5.41) is 1.15. The molecule has 0 aliphatic rings. The number of halogens is 1. The first kappa shape index (κ1) is 11.9. The van der Waals surface area contributed by atoms with E-state index in [9.17, 15) is 4.79 Å². The number of carbonyl (C=O) groups is 1. The quantitative estimate of drug-likeness (QED) is 0.675. The number of rotatable bonds is 0. The first-order valence-electron chi connectivity index (χ1n) is 5.23. The fourth-order valence-corrected chi connectivity index (χ4v) is 1.76. The number of fused-ring (bicyclic) bond motifs is 1. The van der Waals surface area contributed by atoms with Crippen molar-refractivity contribution in [2.45, 2.75) is 26.4 Å². The summed E-state index contributed by atoms with van der Waals surface area (Å²) < 4.78 is 6.65. The van der Waals surface area contributed by atoms with Gasteiger partial charge in [0.1, 0.15) is 5.60 Å². The van der Waals surface area contributed by atoms with Crippen LogP contribution in [-0.4, -0.2) is 21.2 Å². The van der Waals surface area contributed by atoms with Crippen LogP contribution in [0.4, 0.5) is 4.79 Å². The molecular weight excluding hydrogens is 240 g/mol. The summed E-state index contributed by atoms with van der Waals surface area (Å²) in [7, 11) is 0. The molecule has 0 unspecified atom stereocenters. The van der Waals surface area contributed by atoms with E-state index in [1.807, 2.05) is 20.8 Å². The molecule has 17 heavy (non-hydrogen) atoms. The lowest BCUT2D eigenvalue weighted by molar-refractivity contribution is 0.0544. The third-order valence-electron chi connectivity index (χ3n) is 2.15. The topological polar surface area (TPSA) is 44.1 Å². The first-order valence-corrected chi connectivity index (χ1v) is 5.61. The standard InChI is InChI=1S/C12H13ClN2O2/c1-12(2,3)17-11(16)15-7-5-8-4-6-14-10(13)9(8)15/h4-7H,1-3H3. The molecule has 0 spiro atoms. The van der Waals surface area contributed by atoms with Crippen molar-refractivity contribution in [3.8, 4) is 0 Å². The zero-order chi connectivity index (χ0) is 12.6. The predicted octanol–water partition coefficient (Wildman–Crippen LogP) is 3.47. The van der Waals surface area contributed by atoms with Crippen molar-refractivity contribution in [3.63, 3.8) is 0 Å². The second kappa shape index (κ2) is 4.04. The lowest BCUT2D eigenvalue weighted by atomic mass is 10.2. The average molecular weight is 253 g/mol. The van der Waals surface area contributed by atoms with Crippen LogP contribution in [0.5, 0.6) is 0 Å². The summed E-state index contributed by atoms with van der Waals surface area (Å²) in [6, 6.07) is 3.59. The van der Waals surface area contributed by atoms with Crippen molar-refractivity contribution < 1.29 is 9.53 Å². The predicted molar refractivity (Wildman–Crippen MR) is 66.4 cm³/mol. The van der Waals surface area contributed by atoms with E-state index in [1.54, 1.807) is 24.5 Å². The molecule has 0 radical (unpaired) electrons. The summed E-state index contributed by atoms with van der Waals surface area (Å²) >= 11 is 5.98. The highest BCUT2D eigenvalue weighted by Gasteiger charge is 2.20. The van der Waals surface area contributed by atoms with Crippen molar-refractivity contribution in [1.29, 1.82) is 0 Å². The van der Waals surface area contributed by atoms with Crippen LogP contribution in [-0.2, 0) is 4.74 Å². The second-order valence-corrected chi connectivity index (χ2v) is 5.06. The maximum Gasteiger partial charge on any atom is 0.419 e. The van der Waals surface area contributed by atoms with Gasteiger partial charge in [-0.05, 0) is 32.9 Å². The first-order chi connectivity index (χ1) is 7.88. The zero-order valence-electron chi connectivity index (χ0n) is 9.90. The molecule has 2 heterocycles. The minimum Gasteiger partial charge on any atom is -0.443 e. The van der Waals surface area contributed by atoms with Crippen LogP contribution in [0.15, 0.2) is 24.5 Å². The van der Waals surface area contributed by atoms with Crippen molar-refractivity contribution in [1.82, 2.24) is 9.55 Å². The molecule has 0 fully saturated rings. The molecule has 2 rings (SSSR count). The number of ether oxygens (including phenoxy) is 1. The Balaban J connectivity index is 2.46. The number of nitrogens with zero attached hydrogens (tertiary/aromatic N) is 2. The Bertz CT molecular complexity index is 569. The molecule has 0 bridgehead atoms. The van der Waals surface area contributed by atoms with Crippen molar-refractivity contribution in [3.05, 3.63) is 29.7 Å². The van der Waals surface area contributed by atoms with Crippen LogP contribution in [0, 0.1) is 0 Å². The van der Waals surface area contributed by atoms with Crippen LogP contribution in [0.25, 0.3) is 10.9 Å². The van der Waals surface area contributed by atoms with Crippen molar-refractivity contribution in [2.75, 3.05) is 0 Å². The largest absolute Gasteiger partial charge is 0.443 e. The van der Waals surface area contributed by atoms with E-state index < -0.39 is 11.7 Å². The highest BCUT2D eigenvalue weighted by Crippen LogP contribution is 2.23. The molecule has 0 atom stereocenters. The molecule has 90 valence electrons. The molecule has 4 nitrogen and oxygen atoms in total. The Morgan fingerprint density at radius 2 is 2.12 bits per heavy atom. The Morgan fingerprint density at radius 3 is 2.76 bits per heavy atom. The number of pyridine rings is 1. The van der Waals surface area contributed by atoms with E-state index in [2.05, 4.69) is 4.98 Å². The fourth-order valence-electron chi connectivity index (χ4n) is 1.51. The minimum absolute atomic E-state index is 0.290. The highest BCUT2D eigenvalue weighted by molar-refractivity contribution is 6.34. The molecule has 5 heteroatoms. The molecule has 2 aromatic rings. The maximum atomic E-state index is 11.9. The van der Waals surface area contributed by atoms with Crippen LogP contribution in [0.1, 0.15) is 20.8 Å².